The van der Waals surface area contributed by atoms with Gasteiger partial charge >= 0.3 is 0 Å². The van der Waals surface area contributed by atoms with E-state index in [4.69, 9.17) is 0 Å². The van der Waals surface area contributed by atoms with Crippen LogP contribution in [0, 0.1) is 0 Å². The average molecular weight is 314 g/mol. The summed E-state index contributed by atoms with van der Waals surface area (Å²) in [5, 5.41) is 3.49. The molecule has 2 heteroatoms. The van der Waals surface area contributed by atoms with E-state index in [1.54, 1.807) is 11.3 Å². The van der Waals surface area contributed by atoms with Crippen molar-refractivity contribution >= 4 is 11.3 Å². The number of benzene rings is 3. The van der Waals surface area contributed by atoms with Crippen LogP contribution in [0.1, 0.15) is 0 Å². The fourth-order valence-corrected chi connectivity index (χ4v) is 3.79. The Balaban J connectivity index is 1.97. The zero-order valence-corrected chi connectivity index (χ0v) is 13.4. The second-order valence-corrected chi connectivity index (χ2v) is 6.19. The van der Waals surface area contributed by atoms with Crippen LogP contribution in [0.4, 0.5) is 0 Å². The van der Waals surface area contributed by atoms with Gasteiger partial charge < -0.3 is 0 Å². The van der Waals surface area contributed by atoms with E-state index < -0.39 is 0 Å². The second-order valence-electron chi connectivity index (χ2n) is 5.33. The van der Waals surface area contributed by atoms with Crippen LogP contribution in [0.5, 0.6) is 0 Å². The molecule has 0 saturated heterocycles. The largest absolute Gasteiger partial charge is 0.275 e. The lowest BCUT2D eigenvalue weighted by molar-refractivity contribution is -0.567. The minimum atomic E-state index is 1.19. The van der Waals surface area contributed by atoms with Gasteiger partial charge in [-0.15, -0.1) is 4.57 Å². The van der Waals surface area contributed by atoms with Crippen LogP contribution in [0.2, 0.25) is 0 Å². The molecule has 0 atom stereocenters. The zero-order chi connectivity index (χ0) is 15.5. The van der Waals surface area contributed by atoms with Crippen molar-refractivity contribution < 1.29 is 4.57 Å². The third kappa shape index (κ3) is 2.69. The molecule has 4 aromatic rings. The maximum atomic E-state index is 2.34. The molecule has 1 nitrogen and oxygen atoms in total. The topological polar surface area (TPSA) is 3.88 Å². The highest BCUT2D eigenvalue weighted by Gasteiger charge is 2.24. The molecule has 0 aliphatic carbocycles. The van der Waals surface area contributed by atoms with E-state index >= 15 is 0 Å². The molecule has 0 bridgehead atoms. The Morgan fingerprint density at radius 1 is 0.565 bits per heavy atom. The maximum Gasteiger partial charge on any atom is 0.275 e. The second kappa shape index (κ2) is 6.19. The Labute approximate surface area is 140 Å². The van der Waals surface area contributed by atoms with Crippen LogP contribution in [-0.2, 0) is 0 Å². The molecule has 110 valence electrons. The van der Waals surface area contributed by atoms with Crippen molar-refractivity contribution in [2.75, 3.05) is 0 Å². The molecule has 0 aliphatic rings. The van der Waals surface area contributed by atoms with Crippen molar-refractivity contribution in [2.24, 2.45) is 0 Å². The fourth-order valence-electron chi connectivity index (χ4n) is 2.74. The normalized spacial score (nSPS) is 10.6. The Hall–Kier alpha value is -2.71. The summed E-state index contributed by atoms with van der Waals surface area (Å²) in [6, 6.07) is 31.7. The summed E-state index contributed by atoms with van der Waals surface area (Å²) in [5.41, 5.74) is 4.88. The number of hydrogen-bond acceptors (Lipinski definition) is 1. The molecule has 1 aromatic heterocycles. The van der Waals surface area contributed by atoms with E-state index in [0.717, 1.165) is 0 Å². The number of thiazole rings is 1. The van der Waals surface area contributed by atoms with Crippen LogP contribution in [0.3, 0.4) is 0 Å². The van der Waals surface area contributed by atoms with Gasteiger partial charge in [-0.25, -0.2) is 0 Å². The van der Waals surface area contributed by atoms with Crippen molar-refractivity contribution in [3.8, 4) is 27.5 Å². The molecule has 0 saturated carbocycles. The molecule has 4 rings (SSSR count). The predicted molar refractivity (Wildman–Crippen MR) is 96.7 cm³/mol. The van der Waals surface area contributed by atoms with Crippen molar-refractivity contribution in [1.29, 1.82) is 0 Å². The number of hydrogen-bond donors (Lipinski definition) is 0. The van der Waals surface area contributed by atoms with Gasteiger partial charge in [-0.2, -0.15) is 0 Å². The number of aromatic nitrogens is 1. The molecule has 0 aliphatic heterocycles. The zero-order valence-electron chi connectivity index (χ0n) is 12.6. The standard InChI is InChI=1S/C21H16NS/c1-4-10-17(11-5-1)20-16-23-21(18-12-6-2-7-13-18)22(20)19-14-8-3-9-15-19/h1-16H/q+1. The fraction of sp³-hybridized carbons (Fsp3) is 0. The van der Waals surface area contributed by atoms with Gasteiger partial charge in [0.15, 0.2) is 0 Å². The SMILES string of the molecule is c1ccc(-c2csc(-c3ccccc3)[n+]2-c2ccccc2)cc1. The van der Waals surface area contributed by atoms with E-state index in [1.165, 1.54) is 27.5 Å². The summed E-state index contributed by atoms with van der Waals surface area (Å²) >= 11 is 1.78. The molecule has 0 radical (unpaired) electrons. The molecule has 3 aromatic carbocycles. The van der Waals surface area contributed by atoms with Gasteiger partial charge in [0.2, 0.25) is 11.4 Å². The number of nitrogens with zero attached hydrogens (tertiary/aromatic N) is 1. The first-order chi connectivity index (χ1) is 11.4. The summed E-state index contributed by atoms with van der Waals surface area (Å²) in [5.74, 6) is 0. The lowest BCUT2D eigenvalue weighted by atomic mass is 10.1. The molecule has 0 amide bonds. The lowest BCUT2D eigenvalue weighted by Gasteiger charge is -2.02. The third-order valence-electron chi connectivity index (χ3n) is 3.83. The minimum absolute atomic E-state index is 1.19. The molecular weight excluding hydrogens is 298 g/mol. The van der Waals surface area contributed by atoms with Crippen LogP contribution < -0.4 is 4.57 Å². The smallest absolute Gasteiger partial charge is 0.143 e. The molecular formula is C21H16NS+. The monoisotopic (exact) mass is 314 g/mol. The Kier molecular flexibility index (Phi) is 3.75. The summed E-state index contributed by atoms with van der Waals surface area (Å²) in [6.45, 7) is 0. The van der Waals surface area contributed by atoms with Crippen LogP contribution in [0.15, 0.2) is 96.4 Å². The highest BCUT2D eigenvalue weighted by atomic mass is 32.1. The first-order valence-electron chi connectivity index (χ1n) is 7.63. The highest BCUT2D eigenvalue weighted by molar-refractivity contribution is 7.13. The van der Waals surface area contributed by atoms with Gasteiger partial charge in [-0.1, -0.05) is 65.9 Å². The van der Waals surface area contributed by atoms with Crippen molar-refractivity contribution in [1.82, 2.24) is 0 Å². The molecule has 0 spiro atoms. The van der Waals surface area contributed by atoms with Crippen molar-refractivity contribution in [3.63, 3.8) is 0 Å². The first kappa shape index (κ1) is 13.9. The summed E-state index contributed by atoms with van der Waals surface area (Å²) in [4.78, 5) is 0. The lowest BCUT2D eigenvalue weighted by Crippen LogP contribution is -2.33. The van der Waals surface area contributed by atoms with Crippen molar-refractivity contribution in [3.05, 3.63) is 96.4 Å². The summed E-state index contributed by atoms with van der Waals surface area (Å²) in [6.07, 6.45) is 0. The third-order valence-corrected chi connectivity index (χ3v) is 4.81. The van der Waals surface area contributed by atoms with Gasteiger partial charge in [-0.3, -0.25) is 0 Å². The molecule has 0 unspecified atom stereocenters. The van der Waals surface area contributed by atoms with E-state index in [0.29, 0.717) is 0 Å². The highest BCUT2D eigenvalue weighted by Crippen LogP contribution is 2.28. The molecule has 0 N–H and O–H groups in total. The van der Waals surface area contributed by atoms with Gasteiger partial charge in [0.05, 0.1) is 10.9 Å². The number of para-hydroxylation sites is 1. The Morgan fingerprint density at radius 2 is 1.09 bits per heavy atom. The van der Waals surface area contributed by atoms with Gasteiger partial charge in [0.25, 0.3) is 5.01 Å². The van der Waals surface area contributed by atoms with E-state index in [9.17, 15) is 0 Å². The van der Waals surface area contributed by atoms with Gasteiger partial charge in [0.1, 0.15) is 0 Å². The predicted octanol–water partition coefficient (Wildman–Crippen LogP) is 5.36. The van der Waals surface area contributed by atoms with Gasteiger partial charge in [0, 0.05) is 17.7 Å². The Bertz CT molecular complexity index is 840. The average Bonchev–Trinajstić information content (AvgIpc) is 3.09. The molecule has 0 fully saturated rings. The van der Waals surface area contributed by atoms with E-state index in [2.05, 4.69) is 101 Å². The van der Waals surface area contributed by atoms with Gasteiger partial charge in [-0.05, 0) is 24.3 Å². The van der Waals surface area contributed by atoms with Crippen LogP contribution >= 0.6 is 11.3 Å². The number of rotatable bonds is 3. The minimum Gasteiger partial charge on any atom is -0.143 e. The quantitative estimate of drug-likeness (QED) is 0.448. The summed E-state index contributed by atoms with van der Waals surface area (Å²) in [7, 11) is 0. The molecule has 1 heterocycles. The Morgan fingerprint density at radius 3 is 1.70 bits per heavy atom. The first-order valence-corrected chi connectivity index (χ1v) is 8.51. The van der Waals surface area contributed by atoms with Crippen LogP contribution in [-0.4, -0.2) is 0 Å². The van der Waals surface area contributed by atoms with E-state index in [1.807, 2.05) is 0 Å². The van der Waals surface area contributed by atoms with Crippen LogP contribution in [0.25, 0.3) is 27.5 Å². The summed E-state index contributed by atoms with van der Waals surface area (Å²) < 4.78 is 2.34. The molecule has 23 heavy (non-hydrogen) atoms. The maximum absolute atomic E-state index is 2.34. The van der Waals surface area contributed by atoms with Crippen molar-refractivity contribution in [2.45, 2.75) is 0 Å². The van der Waals surface area contributed by atoms with E-state index in [-0.39, 0.29) is 0 Å².